The molecule has 1 unspecified atom stereocenters. The Balaban J connectivity index is 1.68. The Kier molecular flexibility index (Phi) is 4.48. The van der Waals surface area contributed by atoms with Crippen molar-refractivity contribution in [2.24, 2.45) is 0 Å². The lowest BCUT2D eigenvalue weighted by Crippen LogP contribution is -2.42. The fourth-order valence-electron chi connectivity index (χ4n) is 2.58. The first kappa shape index (κ1) is 14.4. The van der Waals surface area contributed by atoms with E-state index in [1.165, 1.54) is 0 Å². The monoisotopic (exact) mass is 294 g/mol. The molecule has 2 aliphatic heterocycles. The summed E-state index contributed by atoms with van der Waals surface area (Å²) in [6, 6.07) is 3.88. The van der Waals surface area contributed by atoms with Crippen LogP contribution in [0.2, 0.25) is 0 Å². The molecular weight excluding hydrogens is 272 g/mol. The molecule has 0 radical (unpaired) electrons. The Labute approximate surface area is 124 Å². The number of morpholine rings is 1. The highest BCUT2D eigenvalue weighted by Crippen LogP contribution is 2.38. The lowest BCUT2D eigenvalue weighted by molar-refractivity contribution is -0.0405. The highest BCUT2D eigenvalue weighted by molar-refractivity contribution is 5.51. The number of nitrogens with zero attached hydrogens (tertiary/aromatic N) is 1. The first-order valence-electron chi connectivity index (χ1n) is 7.26. The van der Waals surface area contributed by atoms with Gasteiger partial charge in [0.05, 0.1) is 6.61 Å². The lowest BCUT2D eigenvalue weighted by Gasteiger charge is -2.30. The summed E-state index contributed by atoms with van der Waals surface area (Å²) in [6.45, 7) is 4.17. The minimum Gasteiger partial charge on any atom is -0.490 e. The number of rotatable bonds is 5. The van der Waals surface area contributed by atoms with Crippen molar-refractivity contribution in [2.75, 3.05) is 47.2 Å². The van der Waals surface area contributed by atoms with E-state index in [1.54, 1.807) is 0 Å². The molecule has 1 saturated heterocycles. The zero-order chi connectivity index (χ0) is 14.7. The third-order valence-corrected chi connectivity index (χ3v) is 3.69. The topological polar surface area (TPSA) is 52.2 Å². The highest BCUT2D eigenvalue weighted by atomic mass is 16.7. The molecule has 1 N–H and O–H groups in total. The molecule has 116 valence electrons. The van der Waals surface area contributed by atoms with Crippen LogP contribution in [0.1, 0.15) is 5.56 Å². The van der Waals surface area contributed by atoms with Crippen molar-refractivity contribution in [3.05, 3.63) is 17.7 Å². The standard InChI is InChI=1S/C15H22N2O4/c1-16-7-11-5-14-15(21-10-20-14)6-13(11)19-9-12-8-17(2)3-4-18-12/h5-6,12,16H,3-4,7-10H2,1-2H3. The third kappa shape index (κ3) is 3.40. The van der Waals surface area contributed by atoms with Gasteiger partial charge >= 0.3 is 0 Å². The second kappa shape index (κ2) is 6.51. The number of likely N-dealkylation sites (N-methyl/N-ethyl adjacent to an activating group) is 1. The van der Waals surface area contributed by atoms with E-state index in [4.69, 9.17) is 18.9 Å². The van der Waals surface area contributed by atoms with E-state index in [9.17, 15) is 0 Å². The first-order chi connectivity index (χ1) is 10.3. The van der Waals surface area contributed by atoms with Gasteiger partial charge in [-0.1, -0.05) is 0 Å². The molecule has 2 aliphatic rings. The maximum Gasteiger partial charge on any atom is 0.231 e. The number of hydrogen-bond acceptors (Lipinski definition) is 6. The van der Waals surface area contributed by atoms with Crippen LogP contribution in [0.4, 0.5) is 0 Å². The average molecular weight is 294 g/mol. The van der Waals surface area contributed by atoms with Crippen LogP contribution in [0.15, 0.2) is 12.1 Å². The van der Waals surface area contributed by atoms with Gasteiger partial charge in [-0.25, -0.2) is 0 Å². The predicted molar refractivity (Wildman–Crippen MR) is 78.1 cm³/mol. The summed E-state index contributed by atoms with van der Waals surface area (Å²) in [5.74, 6) is 2.35. The lowest BCUT2D eigenvalue weighted by atomic mass is 10.1. The predicted octanol–water partition coefficient (Wildman–Crippen LogP) is 0.844. The molecule has 1 atom stereocenters. The van der Waals surface area contributed by atoms with Gasteiger partial charge in [0.1, 0.15) is 18.5 Å². The van der Waals surface area contributed by atoms with Crippen molar-refractivity contribution < 1.29 is 18.9 Å². The van der Waals surface area contributed by atoms with Gasteiger partial charge in [-0.3, -0.25) is 0 Å². The number of fused-ring (bicyclic) bond motifs is 1. The van der Waals surface area contributed by atoms with Crippen molar-refractivity contribution in [1.82, 2.24) is 10.2 Å². The van der Waals surface area contributed by atoms with Crippen LogP contribution in [-0.2, 0) is 11.3 Å². The zero-order valence-corrected chi connectivity index (χ0v) is 12.6. The van der Waals surface area contributed by atoms with Gasteiger partial charge < -0.3 is 29.2 Å². The van der Waals surface area contributed by atoms with Crippen molar-refractivity contribution in [3.8, 4) is 17.2 Å². The van der Waals surface area contributed by atoms with Gasteiger partial charge in [-0.15, -0.1) is 0 Å². The van der Waals surface area contributed by atoms with Crippen molar-refractivity contribution in [3.63, 3.8) is 0 Å². The zero-order valence-electron chi connectivity index (χ0n) is 12.6. The maximum atomic E-state index is 5.98. The van der Waals surface area contributed by atoms with E-state index >= 15 is 0 Å². The Morgan fingerprint density at radius 2 is 2.14 bits per heavy atom. The van der Waals surface area contributed by atoms with E-state index in [2.05, 4.69) is 17.3 Å². The number of benzene rings is 1. The molecule has 0 aliphatic carbocycles. The minimum atomic E-state index is 0.108. The van der Waals surface area contributed by atoms with Gasteiger partial charge in [0.15, 0.2) is 11.5 Å². The summed E-state index contributed by atoms with van der Waals surface area (Å²) in [6.07, 6.45) is 0.108. The van der Waals surface area contributed by atoms with Crippen LogP contribution >= 0.6 is 0 Å². The Morgan fingerprint density at radius 1 is 1.33 bits per heavy atom. The molecule has 1 aromatic rings. The SMILES string of the molecule is CNCc1cc2c(cc1OCC1CN(C)CCO1)OCO2. The first-order valence-corrected chi connectivity index (χ1v) is 7.26. The Morgan fingerprint density at radius 3 is 2.90 bits per heavy atom. The molecule has 1 aromatic carbocycles. The van der Waals surface area contributed by atoms with Crippen LogP contribution in [0.5, 0.6) is 17.2 Å². The number of nitrogens with one attached hydrogen (secondary N) is 1. The molecule has 1 fully saturated rings. The summed E-state index contributed by atoms with van der Waals surface area (Å²) in [5, 5.41) is 3.14. The quantitative estimate of drug-likeness (QED) is 0.869. The fourth-order valence-corrected chi connectivity index (χ4v) is 2.58. The molecule has 6 nitrogen and oxygen atoms in total. The molecule has 3 rings (SSSR count). The summed E-state index contributed by atoms with van der Waals surface area (Å²) in [5.41, 5.74) is 1.06. The molecule has 0 bridgehead atoms. The van der Waals surface area contributed by atoms with E-state index in [-0.39, 0.29) is 12.9 Å². The van der Waals surface area contributed by atoms with Gasteiger partial charge in [-0.2, -0.15) is 0 Å². The molecule has 21 heavy (non-hydrogen) atoms. The molecule has 0 saturated carbocycles. The van der Waals surface area contributed by atoms with Crippen LogP contribution in [-0.4, -0.2) is 58.2 Å². The van der Waals surface area contributed by atoms with E-state index in [0.29, 0.717) is 6.61 Å². The van der Waals surface area contributed by atoms with Crippen molar-refractivity contribution in [2.45, 2.75) is 12.6 Å². The summed E-state index contributed by atoms with van der Waals surface area (Å²) in [4.78, 5) is 2.26. The summed E-state index contributed by atoms with van der Waals surface area (Å²) >= 11 is 0. The summed E-state index contributed by atoms with van der Waals surface area (Å²) in [7, 11) is 4.01. The Hall–Kier alpha value is -1.50. The van der Waals surface area contributed by atoms with Gasteiger partial charge in [0.2, 0.25) is 6.79 Å². The largest absolute Gasteiger partial charge is 0.490 e. The molecule has 0 amide bonds. The maximum absolute atomic E-state index is 5.98. The van der Waals surface area contributed by atoms with Crippen LogP contribution in [0.25, 0.3) is 0 Å². The van der Waals surface area contributed by atoms with Crippen molar-refractivity contribution in [1.29, 1.82) is 0 Å². The fraction of sp³-hybridized carbons (Fsp3) is 0.600. The molecule has 2 heterocycles. The smallest absolute Gasteiger partial charge is 0.231 e. The van der Waals surface area contributed by atoms with Crippen LogP contribution in [0.3, 0.4) is 0 Å². The Bertz CT molecular complexity index is 495. The van der Waals surface area contributed by atoms with Gasteiger partial charge in [0, 0.05) is 31.3 Å². The molecule has 0 aromatic heterocycles. The summed E-state index contributed by atoms with van der Waals surface area (Å²) < 4.78 is 22.5. The third-order valence-electron chi connectivity index (χ3n) is 3.69. The van der Waals surface area contributed by atoms with Crippen LogP contribution < -0.4 is 19.5 Å². The minimum absolute atomic E-state index is 0.108. The van der Waals surface area contributed by atoms with E-state index in [1.807, 2.05) is 19.2 Å². The second-order valence-electron chi connectivity index (χ2n) is 5.41. The average Bonchev–Trinajstić information content (AvgIpc) is 2.92. The molecular formula is C15H22N2O4. The van der Waals surface area contributed by atoms with E-state index < -0.39 is 0 Å². The highest BCUT2D eigenvalue weighted by Gasteiger charge is 2.21. The second-order valence-corrected chi connectivity index (χ2v) is 5.41. The van der Waals surface area contributed by atoms with Crippen molar-refractivity contribution >= 4 is 0 Å². The molecule has 6 heteroatoms. The normalized spacial score (nSPS) is 21.5. The number of ether oxygens (including phenoxy) is 4. The number of hydrogen-bond donors (Lipinski definition) is 1. The van der Waals surface area contributed by atoms with Gasteiger partial charge in [0.25, 0.3) is 0 Å². The van der Waals surface area contributed by atoms with Crippen LogP contribution in [0, 0.1) is 0 Å². The van der Waals surface area contributed by atoms with Gasteiger partial charge in [-0.05, 0) is 20.2 Å². The van der Waals surface area contributed by atoms with E-state index in [0.717, 1.165) is 49.1 Å². The molecule has 0 spiro atoms.